The third-order valence-electron chi connectivity index (χ3n) is 4.04. The lowest BCUT2D eigenvalue weighted by molar-refractivity contribution is -0.124. The van der Waals surface area contributed by atoms with Crippen molar-refractivity contribution in [2.45, 2.75) is 18.4 Å². The van der Waals surface area contributed by atoms with E-state index in [0.29, 0.717) is 6.54 Å². The number of carbonyl (C=O) groups is 2. The van der Waals surface area contributed by atoms with Crippen LogP contribution in [0.15, 0.2) is 53.4 Å². The largest absolute Gasteiger partial charge is 0.495 e. The average molecular weight is 420 g/mol. The van der Waals surface area contributed by atoms with Crippen molar-refractivity contribution in [2.24, 2.45) is 0 Å². The molecule has 0 fully saturated rings. The summed E-state index contributed by atoms with van der Waals surface area (Å²) in [6.07, 6.45) is 0. The van der Waals surface area contributed by atoms with Gasteiger partial charge in [-0.3, -0.25) is 4.79 Å². The molecule has 2 rings (SSSR count). The molecule has 0 spiro atoms. The van der Waals surface area contributed by atoms with Crippen molar-refractivity contribution in [3.8, 4) is 5.75 Å². The van der Waals surface area contributed by atoms with Gasteiger partial charge < -0.3 is 14.8 Å². The smallest absolute Gasteiger partial charge is 0.338 e. The summed E-state index contributed by atoms with van der Waals surface area (Å²) in [6, 6.07) is 13.1. The molecule has 156 valence electrons. The van der Waals surface area contributed by atoms with Crippen LogP contribution in [-0.4, -0.2) is 51.9 Å². The second-order valence-electron chi connectivity index (χ2n) is 6.14. The number of rotatable bonds is 9. The molecule has 0 unspecified atom stereocenters. The topological polar surface area (TPSA) is 102 Å². The van der Waals surface area contributed by atoms with Gasteiger partial charge in [-0.2, -0.15) is 4.31 Å². The Morgan fingerprint density at radius 2 is 1.79 bits per heavy atom. The predicted octanol–water partition coefficient (Wildman–Crippen LogP) is 1.81. The molecule has 0 bridgehead atoms. The number of hydrogen-bond acceptors (Lipinski definition) is 6. The summed E-state index contributed by atoms with van der Waals surface area (Å²) < 4.78 is 37.4. The number of ether oxygens (including phenoxy) is 2. The van der Waals surface area contributed by atoms with Gasteiger partial charge in [0.2, 0.25) is 10.0 Å². The first-order valence-corrected chi connectivity index (χ1v) is 10.4. The van der Waals surface area contributed by atoms with E-state index >= 15 is 0 Å². The van der Waals surface area contributed by atoms with Gasteiger partial charge >= 0.3 is 5.97 Å². The lowest BCUT2D eigenvalue weighted by Gasteiger charge is -2.19. The lowest BCUT2D eigenvalue weighted by Crippen LogP contribution is -2.29. The van der Waals surface area contributed by atoms with Crippen molar-refractivity contribution >= 4 is 21.9 Å². The Balaban J connectivity index is 2.27. The second-order valence-corrected chi connectivity index (χ2v) is 8.16. The fourth-order valence-electron chi connectivity index (χ4n) is 2.56. The minimum atomic E-state index is -3.95. The van der Waals surface area contributed by atoms with Gasteiger partial charge in [-0.25, -0.2) is 13.2 Å². The molecular formula is C20H24N2O6S. The van der Waals surface area contributed by atoms with Gasteiger partial charge in [-0.05, 0) is 30.7 Å². The maximum atomic E-state index is 13.1. The number of carbonyl (C=O) groups excluding carboxylic acids is 2. The van der Waals surface area contributed by atoms with Crippen LogP contribution in [0.1, 0.15) is 22.8 Å². The van der Waals surface area contributed by atoms with Gasteiger partial charge in [0, 0.05) is 20.1 Å². The number of esters is 1. The number of methoxy groups -OCH3 is 1. The van der Waals surface area contributed by atoms with E-state index in [4.69, 9.17) is 9.47 Å². The third kappa shape index (κ3) is 5.78. The molecule has 0 aliphatic heterocycles. The highest BCUT2D eigenvalue weighted by atomic mass is 32.2. The maximum Gasteiger partial charge on any atom is 0.338 e. The summed E-state index contributed by atoms with van der Waals surface area (Å²) in [6.45, 7) is 1.86. The molecule has 2 aromatic rings. The summed E-state index contributed by atoms with van der Waals surface area (Å²) >= 11 is 0. The number of sulfonamides is 1. The van der Waals surface area contributed by atoms with Gasteiger partial charge in [0.25, 0.3) is 5.91 Å². The van der Waals surface area contributed by atoms with Gasteiger partial charge in [0.05, 0.1) is 12.7 Å². The van der Waals surface area contributed by atoms with Crippen LogP contribution in [-0.2, 0) is 26.1 Å². The number of nitrogens with one attached hydrogen (secondary N) is 1. The highest BCUT2D eigenvalue weighted by molar-refractivity contribution is 7.89. The van der Waals surface area contributed by atoms with Crippen LogP contribution in [0.25, 0.3) is 0 Å². The minimum absolute atomic E-state index is 0.00165. The Labute approximate surface area is 170 Å². The molecule has 1 N–H and O–H groups in total. The summed E-state index contributed by atoms with van der Waals surface area (Å²) in [5, 5.41) is 2.51. The molecule has 0 heterocycles. The van der Waals surface area contributed by atoms with Gasteiger partial charge in [0.15, 0.2) is 6.61 Å². The van der Waals surface area contributed by atoms with E-state index in [1.54, 1.807) is 6.92 Å². The molecule has 0 saturated heterocycles. The SMILES string of the molecule is CCNC(=O)COC(=O)c1ccc(OC)c(S(=O)(=O)N(C)Cc2ccccc2)c1. The zero-order valence-electron chi connectivity index (χ0n) is 16.5. The predicted molar refractivity (Wildman–Crippen MR) is 107 cm³/mol. The van der Waals surface area contributed by atoms with Crippen molar-refractivity contribution in [1.82, 2.24) is 9.62 Å². The zero-order chi connectivity index (χ0) is 21.4. The number of likely N-dealkylation sites (N-methyl/N-ethyl adjacent to an activating group) is 1. The summed E-state index contributed by atoms with van der Waals surface area (Å²) in [7, 11) is -1.16. The maximum absolute atomic E-state index is 13.1. The number of nitrogens with zero attached hydrogens (tertiary/aromatic N) is 1. The normalized spacial score (nSPS) is 11.2. The van der Waals surface area contributed by atoms with Gasteiger partial charge in [0.1, 0.15) is 10.6 Å². The molecule has 8 nitrogen and oxygen atoms in total. The van der Waals surface area contributed by atoms with E-state index < -0.39 is 28.5 Å². The van der Waals surface area contributed by atoms with Gasteiger partial charge in [-0.15, -0.1) is 0 Å². The minimum Gasteiger partial charge on any atom is -0.495 e. The molecule has 0 aliphatic carbocycles. The highest BCUT2D eigenvalue weighted by Crippen LogP contribution is 2.28. The second kappa shape index (κ2) is 10.0. The van der Waals surface area contributed by atoms with Gasteiger partial charge in [-0.1, -0.05) is 30.3 Å². The quantitative estimate of drug-likeness (QED) is 0.621. The van der Waals surface area contributed by atoms with Crippen LogP contribution in [0, 0.1) is 0 Å². The van der Waals surface area contributed by atoms with Crippen molar-refractivity contribution < 1.29 is 27.5 Å². The molecular weight excluding hydrogens is 396 g/mol. The molecule has 2 aromatic carbocycles. The fourth-order valence-corrected chi connectivity index (χ4v) is 3.90. The molecule has 0 aliphatic rings. The molecule has 9 heteroatoms. The molecule has 0 atom stereocenters. The highest BCUT2D eigenvalue weighted by Gasteiger charge is 2.26. The van der Waals surface area contributed by atoms with Crippen molar-refractivity contribution in [1.29, 1.82) is 0 Å². The Morgan fingerprint density at radius 1 is 1.10 bits per heavy atom. The first-order chi connectivity index (χ1) is 13.8. The van der Waals surface area contributed by atoms with Crippen LogP contribution >= 0.6 is 0 Å². The fraction of sp³-hybridized carbons (Fsp3) is 0.300. The summed E-state index contributed by atoms with van der Waals surface area (Å²) in [4.78, 5) is 23.5. The zero-order valence-corrected chi connectivity index (χ0v) is 17.4. The van der Waals surface area contributed by atoms with Crippen LogP contribution < -0.4 is 10.1 Å². The third-order valence-corrected chi connectivity index (χ3v) is 5.87. The monoisotopic (exact) mass is 420 g/mol. The first kappa shape index (κ1) is 22.4. The van der Waals surface area contributed by atoms with Crippen molar-refractivity contribution in [2.75, 3.05) is 27.3 Å². The van der Waals surface area contributed by atoms with Crippen molar-refractivity contribution in [3.05, 3.63) is 59.7 Å². The molecule has 0 radical (unpaired) electrons. The molecule has 0 aromatic heterocycles. The van der Waals surface area contributed by atoms with E-state index in [2.05, 4.69) is 5.32 Å². The standard InChI is InChI=1S/C20H24N2O6S/c1-4-21-19(23)14-28-20(24)16-10-11-17(27-3)18(12-16)29(25,26)22(2)13-15-8-6-5-7-9-15/h5-12H,4,13-14H2,1-3H3,(H,21,23). The number of hydrogen-bond donors (Lipinski definition) is 1. The summed E-state index contributed by atoms with van der Waals surface area (Å²) in [5.41, 5.74) is 0.817. The van der Waals surface area contributed by atoms with Crippen LogP contribution in [0.3, 0.4) is 0 Å². The Hall–Kier alpha value is -2.91. The lowest BCUT2D eigenvalue weighted by atomic mass is 10.2. The Morgan fingerprint density at radius 3 is 2.41 bits per heavy atom. The number of amides is 1. The molecule has 1 amide bonds. The average Bonchev–Trinajstić information content (AvgIpc) is 2.72. The Bertz CT molecular complexity index is 960. The van der Waals surface area contributed by atoms with Crippen LogP contribution in [0.2, 0.25) is 0 Å². The molecule has 29 heavy (non-hydrogen) atoms. The van der Waals surface area contributed by atoms with E-state index in [1.807, 2.05) is 30.3 Å². The molecule has 0 saturated carbocycles. The Kier molecular flexibility index (Phi) is 7.74. The summed E-state index contributed by atoms with van der Waals surface area (Å²) in [5.74, 6) is -1.14. The van der Waals surface area contributed by atoms with Crippen molar-refractivity contribution in [3.63, 3.8) is 0 Å². The van der Waals surface area contributed by atoms with E-state index in [-0.39, 0.29) is 22.8 Å². The van der Waals surface area contributed by atoms with E-state index in [1.165, 1.54) is 36.7 Å². The van der Waals surface area contributed by atoms with E-state index in [0.717, 1.165) is 5.56 Å². The van der Waals surface area contributed by atoms with Crippen LogP contribution in [0.4, 0.5) is 0 Å². The van der Waals surface area contributed by atoms with E-state index in [9.17, 15) is 18.0 Å². The number of benzene rings is 2. The van der Waals surface area contributed by atoms with Crippen LogP contribution in [0.5, 0.6) is 5.75 Å². The first-order valence-electron chi connectivity index (χ1n) is 8.91.